The highest BCUT2D eigenvalue weighted by molar-refractivity contribution is 7.09. The van der Waals surface area contributed by atoms with Gasteiger partial charge in [-0.1, -0.05) is 27.7 Å². The minimum Gasteiger partial charge on any atom is -0.374 e. The largest absolute Gasteiger partial charge is 0.374 e. The Kier molecular flexibility index (Phi) is 5.81. The summed E-state index contributed by atoms with van der Waals surface area (Å²) in [6, 6.07) is 0.397. The Morgan fingerprint density at radius 2 is 2.19 bits per heavy atom. The lowest BCUT2D eigenvalue weighted by atomic mass is 9.93. The molecule has 1 N–H and O–H groups in total. The van der Waals surface area contributed by atoms with Crippen molar-refractivity contribution in [3.63, 3.8) is 0 Å². The van der Waals surface area contributed by atoms with E-state index < -0.39 is 0 Å². The van der Waals surface area contributed by atoms with Crippen molar-refractivity contribution in [3.05, 3.63) is 16.1 Å². The van der Waals surface area contributed by atoms with E-state index in [0.29, 0.717) is 18.2 Å². The Balaban J connectivity index is 2.02. The fourth-order valence-electron chi connectivity index (χ4n) is 2.73. The highest BCUT2D eigenvalue weighted by Crippen LogP contribution is 2.27. The third-order valence-corrected chi connectivity index (χ3v) is 4.96. The molecule has 0 aliphatic carbocycles. The van der Waals surface area contributed by atoms with Crippen LogP contribution in [0.25, 0.3) is 0 Å². The first-order valence-corrected chi connectivity index (χ1v) is 9.12. The molecular weight excluding hydrogens is 280 g/mol. The maximum atomic E-state index is 6.08. The van der Waals surface area contributed by atoms with Gasteiger partial charge in [-0.2, -0.15) is 0 Å². The average Bonchev–Trinajstić information content (AvgIpc) is 3.02. The Morgan fingerprint density at radius 3 is 2.71 bits per heavy atom. The normalized spacial score (nSPS) is 24.4. The van der Waals surface area contributed by atoms with E-state index in [9.17, 15) is 0 Å². The van der Waals surface area contributed by atoms with Gasteiger partial charge in [0, 0.05) is 23.3 Å². The van der Waals surface area contributed by atoms with Crippen molar-refractivity contribution in [3.8, 4) is 0 Å². The summed E-state index contributed by atoms with van der Waals surface area (Å²) in [7, 11) is 0. The molecule has 2 heterocycles. The summed E-state index contributed by atoms with van der Waals surface area (Å²) < 4.78 is 6.08. The van der Waals surface area contributed by atoms with Crippen molar-refractivity contribution in [1.29, 1.82) is 0 Å². The van der Waals surface area contributed by atoms with Crippen molar-refractivity contribution in [1.82, 2.24) is 10.3 Å². The monoisotopic (exact) mass is 310 g/mol. The molecule has 3 nitrogen and oxygen atoms in total. The number of ether oxygens (including phenoxy) is 1. The third kappa shape index (κ3) is 4.76. The first kappa shape index (κ1) is 16.9. The van der Waals surface area contributed by atoms with Gasteiger partial charge in [0.15, 0.2) is 0 Å². The van der Waals surface area contributed by atoms with Crippen LogP contribution in [0, 0.1) is 0 Å². The predicted molar refractivity (Wildman–Crippen MR) is 90.2 cm³/mol. The summed E-state index contributed by atoms with van der Waals surface area (Å²) in [5.41, 5.74) is 1.34. The van der Waals surface area contributed by atoms with Crippen LogP contribution in [0.3, 0.4) is 0 Å². The summed E-state index contributed by atoms with van der Waals surface area (Å²) >= 11 is 1.79. The molecule has 1 aliphatic rings. The quantitative estimate of drug-likeness (QED) is 0.865. The van der Waals surface area contributed by atoms with Crippen molar-refractivity contribution in [2.24, 2.45) is 0 Å². The third-order valence-electron chi connectivity index (χ3n) is 4.08. The molecule has 0 spiro atoms. The van der Waals surface area contributed by atoms with Crippen LogP contribution in [0.1, 0.15) is 64.6 Å². The van der Waals surface area contributed by atoms with E-state index in [-0.39, 0.29) is 5.41 Å². The molecule has 1 aromatic heterocycles. The van der Waals surface area contributed by atoms with Gasteiger partial charge in [0.25, 0.3) is 0 Å². The van der Waals surface area contributed by atoms with Gasteiger partial charge in [0.05, 0.1) is 22.9 Å². The highest BCUT2D eigenvalue weighted by Gasteiger charge is 2.30. The summed E-state index contributed by atoms with van der Waals surface area (Å²) in [4.78, 5) is 4.84. The van der Waals surface area contributed by atoms with Gasteiger partial charge in [-0.05, 0) is 32.7 Å². The fourth-order valence-corrected chi connectivity index (χ4v) is 3.81. The van der Waals surface area contributed by atoms with Crippen molar-refractivity contribution >= 4 is 11.3 Å². The fraction of sp³-hybridized carbons (Fsp3) is 0.824. The van der Waals surface area contributed by atoms with E-state index >= 15 is 0 Å². The first-order chi connectivity index (χ1) is 9.90. The Morgan fingerprint density at radius 1 is 1.43 bits per heavy atom. The number of thiazole rings is 1. The second-order valence-corrected chi connectivity index (χ2v) is 8.15. The average molecular weight is 311 g/mol. The summed E-state index contributed by atoms with van der Waals surface area (Å²) in [5.74, 6) is 0. The molecule has 1 aliphatic heterocycles. The highest BCUT2D eigenvalue weighted by atomic mass is 32.1. The number of hydrogen-bond donors (Lipinski definition) is 1. The number of rotatable bonds is 6. The molecule has 2 rings (SSSR count). The molecule has 0 saturated carbocycles. The second kappa shape index (κ2) is 7.21. The van der Waals surface area contributed by atoms with E-state index in [2.05, 4.69) is 45.3 Å². The SMILES string of the molecule is CCCNC(Cc1nc(C(C)(C)C)cs1)C1CCC(C)O1. The van der Waals surface area contributed by atoms with E-state index in [1.54, 1.807) is 11.3 Å². The number of aromatic nitrogens is 1. The van der Waals surface area contributed by atoms with E-state index in [4.69, 9.17) is 9.72 Å². The lowest BCUT2D eigenvalue weighted by Crippen LogP contribution is -2.42. The van der Waals surface area contributed by atoms with Crippen LogP contribution in [0.4, 0.5) is 0 Å². The van der Waals surface area contributed by atoms with Gasteiger partial charge >= 0.3 is 0 Å². The number of nitrogens with zero attached hydrogens (tertiary/aromatic N) is 1. The zero-order valence-corrected chi connectivity index (χ0v) is 14.9. The molecule has 1 aromatic rings. The molecule has 21 heavy (non-hydrogen) atoms. The smallest absolute Gasteiger partial charge is 0.0945 e. The standard InChI is InChI=1S/C17H30N2OS/c1-6-9-18-13(14-8-7-12(2)20-14)10-16-19-15(11-21-16)17(3,4)5/h11-14,18H,6-10H2,1-5H3. The van der Waals surface area contributed by atoms with Crippen LogP contribution in [0.5, 0.6) is 0 Å². The molecule has 0 bridgehead atoms. The number of nitrogens with one attached hydrogen (secondary N) is 1. The van der Waals surface area contributed by atoms with Gasteiger partial charge in [0.2, 0.25) is 0 Å². The predicted octanol–water partition coefficient (Wildman–Crippen LogP) is 3.92. The Labute approximate surface area is 133 Å². The zero-order valence-electron chi connectivity index (χ0n) is 14.1. The lowest BCUT2D eigenvalue weighted by molar-refractivity contribution is 0.0320. The molecule has 3 atom stereocenters. The lowest BCUT2D eigenvalue weighted by Gasteiger charge is -2.24. The van der Waals surface area contributed by atoms with Gasteiger partial charge in [-0.15, -0.1) is 11.3 Å². The molecule has 3 unspecified atom stereocenters. The van der Waals surface area contributed by atoms with Gasteiger partial charge in [-0.25, -0.2) is 4.98 Å². The van der Waals surface area contributed by atoms with Crippen molar-refractivity contribution < 1.29 is 4.74 Å². The zero-order chi connectivity index (χ0) is 15.5. The summed E-state index contributed by atoms with van der Waals surface area (Å²) in [6.07, 6.45) is 5.23. The molecule has 0 radical (unpaired) electrons. The van der Waals surface area contributed by atoms with Crippen LogP contribution in [-0.4, -0.2) is 29.8 Å². The Hall–Kier alpha value is -0.450. The van der Waals surface area contributed by atoms with Crippen LogP contribution < -0.4 is 5.32 Å². The van der Waals surface area contributed by atoms with Gasteiger partial charge in [0.1, 0.15) is 0 Å². The summed E-state index contributed by atoms with van der Waals surface area (Å²) in [6.45, 7) is 12.1. The molecule has 0 amide bonds. The molecule has 120 valence electrons. The molecular formula is C17H30N2OS. The van der Waals surface area contributed by atoms with E-state index in [1.165, 1.54) is 23.5 Å². The van der Waals surface area contributed by atoms with E-state index in [1.807, 2.05) is 0 Å². The van der Waals surface area contributed by atoms with Crippen molar-refractivity contribution in [2.75, 3.05) is 6.54 Å². The maximum absolute atomic E-state index is 6.08. The number of hydrogen-bond acceptors (Lipinski definition) is 4. The Bertz CT molecular complexity index is 438. The topological polar surface area (TPSA) is 34.2 Å². The van der Waals surface area contributed by atoms with Crippen molar-refractivity contribution in [2.45, 2.75) is 84.0 Å². The van der Waals surface area contributed by atoms with Crippen LogP contribution >= 0.6 is 11.3 Å². The van der Waals surface area contributed by atoms with Crippen LogP contribution in [0.2, 0.25) is 0 Å². The van der Waals surface area contributed by atoms with Gasteiger partial charge in [-0.3, -0.25) is 0 Å². The van der Waals surface area contributed by atoms with Gasteiger partial charge < -0.3 is 10.1 Å². The second-order valence-electron chi connectivity index (χ2n) is 7.20. The molecule has 4 heteroatoms. The minimum absolute atomic E-state index is 0.138. The molecule has 1 fully saturated rings. The first-order valence-electron chi connectivity index (χ1n) is 8.24. The van der Waals surface area contributed by atoms with Crippen LogP contribution in [0.15, 0.2) is 5.38 Å². The minimum atomic E-state index is 0.138. The molecule has 0 aromatic carbocycles. The van der Waals surface area contributed by atoms with E-state index in [0.717, 1.165) is 19.4 Å². The van der Waals surface area contributed by atoms with Crippen LogP contribution in [-0.2, 0) is 16.6 Å². The maximum Gasteiger partial charge on any atom is 0.0945 e. The summed E-state index contributed by atoms with van der Waals surface area (Å²) in [5, 5.41) is 7.12. The molecule has 1 saturated heterocycles.